The number of guanidine groups is 1. The van der Waals surface area contributed by atoms with Crippen LogP contribution in [0.2, 0.25) is 5.02 Å². The van der Waals surface area contributed by atoms with Gasteiger partial charge in [0, 0.05) is 32.2 Å². The summed E-state index contributed by atoms with van der Waals surface area (Å²) in [7, 11) is 3.71. The Morgan fingerprint density at radius 2 is 2.10 bits per heavy atom. The van der Waals surface area contributed by atoms with Crippen molar-refractivity contribution < 1.29 is 5.11 Å². The predicted octanol–water partition coefficient (Wildman–Crippen LogP) is 2.88. The first-order chi connectivity index (χ1) is 9.54. The Morgan fingerprint density at radius 1 is 1.43 bits per heavy atom. The van der Waals surface area contributed by atoms with Gasteiger partial charge in [-0.3, -0.25) is 4.99 Å². The first-order valence-corrected chi connectivity index (χ1v) is 7.29. The second-order valence-electron chi connectivity index (χ2n) is 5.43. The third kappa shape index (κ3) is 5.00. The second-order valence-corrected chi connectivity index (χ2v) is 5.83. The van der Waals surface area contributed by atoms with E-state index in [0.717, 1.165) is 35.8 Å². The number of benzene rings is 1. The van der Waals surface area contributed by atoms with E-state index in [1.165, 1.54) is 0 Å². The SMILES string of the molecule is CN=C(NCC1(O)CCC1)N(C)Cc1ccccc1Cl.I. The van der Waals surface area contributed by atoms with Crippen molar-refractivity contribution in [1.82, 2.24) is 10.2 Å². The first-order valence-electron chi connectivity index (χ1n) is 6.92. The average molecular weight is 424 g/mol. The third-order valence-electron chi connectivity index (χ3n) is 3.80. The van der Waals surface area contributed by atoms with Gasteiger partial charge in [0.15, 0.2) is 5.96 Å². The van der Waals surface area contributed by atoms with E-state index in [2.05, 4.69) is 10.3 Å². The molecule has 1 saturated carbocycles. The van der Waals surface area contributed by atoms with Crippen molar-refractivity contribution in [2.75, 3.05) is 20.6 Å². The fourth-order valence-electron chi connectivity index (χ4n) is 2.35. The molecule has 4 nitrogen and oxygen atoms in total. The van der Waals surface area contributed by atoms with E-state index in [1.54, 1.807) is 7.05 Å². The van der Waals surface area contributed by atoms with Crippen LogP contribution >= 0.6 is 35.6 Å². The zero-order valence-corrected chi connectivity index (χ0v) is 15.6. The van der Waals surface area contributed by atoms with Crippen LogP contribution in [0.5, 0.6) is 0 Å². The van der Waals surface area contributed by atoms with Crippen molar-refractivity contribution in [2.45, 2.75) is 31.4 Å². The minimum Gasteiger partial charge on any atom is -0.388 e. The lowest BCUT2D eigenvalue weighted by molar-refractivity contribution is -0.0282. The molecule has 0 spiro atoms. The molecule has 0 aromatic heterocycles. The summed E-state index contributed by atoms with van der Waals surface area (Å²) in [5, 5.41) is 14.1. The number of aliphatic imine (C=N–C) groups is 1. The van der Waals surface area contributed by atoms with Crippen molar-refractivity contribution in [2.24, 2.45) is 4.99 Å². The van der Waals surface area contributed by atoms with Crippen LogP contribution < -0.4 is 5.32 Å². The predicted molar refractivity (Wildman–Crippen MR) is 98.5 cm³/mol. The number of rotatable bonds is 4. The van der Waals surface area contributed by atoms with Crippen LogP contribution in [0.4, 0.5) is 0 Å². The van der Waals surface area contributed by atoms with E-state index in [9.17, 15) is 5.11 Å². The molecule has 1 aromatic rings. The minimum atomic E-state index is -0.554. The Balaban J connectivity index is 0.00000220. The number of halogens is 2. The molecule has 1 aliphatic carbocycles. The molecule has 6 heteroatoms. The molecular weight excluding hydrogens is 401 g/mol. The van der Waals surface area contributed by atoms with E-state index >= 15 is 0 Å². The molecule has 1 aromatic carbocycles. The van der Waals surface area contributed by atoms with Crippen LogP contribution in [0.15, 0.2) is 29.3 Å². The van der Waals surface area contributed by atoms with Gasteiger partial charge in [-0.15, -0.1) is 24.0 Å². The van der Waals surface area contributed by atoms with Crippen molar-refractivity contribution in [3.8, 4) is 0 Å². The van der Waals surface area contributed by atoms with Gasteiger partial charge in [-0.05, 0) is 30.9 Å². The lowest BCUT2D eigenvalue weighted by Gasteiger charge is -2.37. The van der Waals surface area contributed by atoms with Gasteiger partial charge in [0.05, 0.1) is 5.60 Å². The summed E-state index contributed by atoms with van der Waals surface area (Å²) in [6.45, 7) is 1.23. The standard InChI is InChI=1S/C15H22ClN3O.HI/c1-17-14(18-11-15(20)8-5-9-15)19(2)10-12-6-3-4-7-13(12)16;/h3-4,6-7,20H,5,8-11H2,1-2H3,(H,17,18);1H. The molecule has 0 saturated heterocycles. The van der Waals surface area contributed by atoms with Gasteiger partial charge in [-0.2, -0.15) is 0 Å². The summed E-state index contributed by atoms with van der Waals surface area (Å²) in [6, 6.07) is 7.79. The maximum absolute atomic E-state index is 10.1. The zero-order chi connectivity index (χ0) is 14.6. The van der Waals surface area contributed by atoms with E-state index in [0.29, 0.717) is 13.1 Å². The molecule has 118 valence electrons. The van der Waals surface area contributed by atoms with Crippen molar-refractivity contribution in [3.63, 3.8) is 0 Å². The lowest BCUT2D eigenvalue weighted by Crippen LogP contribution is -2.50. The van der Waals surface area contributed by atoms with Crippen LogP contribution in [0, 0.1) is 0 Å². The van der Waals surface area contributed by atoms with Crippen LogP contribution in [-0.4, -0.2) is 42.2 Å². The fourth-order valence-corrected chi connectivity index (χ4v) is 2.54. The van der Waals surface area contributed by atoms with Gasteiger partial charge in [0.1, 0.15) is 0 Å². The van der Waals surface area contributed by atoms with Crippen LogP contribution in [0.25, 0.3) is 0 Å². The van der Waals surface area contributed by atoms with E-state index < -0.39 is 5.60 Å². The van der Waals surface area contributed by atoms with E-state index in [1.807, 2.05) is 36.2 Å². The molecule has 21 heavy (non-hydrogen) atoms. The summed E-state index contributed by atoms with van der Waals surface area (Å²) in [5.74, 6) is 0.769. The molecule has 0 radical (unpaired) electrons. The zero-order valence-electron chi connectivity index (χ0n) is 12.5. The molecule has 0 amide bonds. The molecule has 2 N–H and O–H groups in total. The molecule has 0 bridgehead atoms. The van der Waals surface area contributed by atoms with Crippen LogP contribution in [0.1, 0.15) is 24.8 Å². The van der Waals surface area contributed by atoms with Crippen LogP contribution in [0.3, 0.4) is 0 Å². The first kappa shape index (κ1) is 18.5. The highest BCUT2D eigenvalue weighted by molar-refractivity contribution is 14.0. The Labute approximate surface area is 148 Å². The highest BCUT2D eigenvalue weighted by Crippen LogP contribution is 2.30. The van der Waals surface area contributed by atoms with E-state index in [-0.39, 0.29) is 24.0 Å². The normalized spacial score (nSPS) is 16.7. The summed E-state index contributed by atoms with van der Waals surface area (Å²) in [5.41, 5.74) is 0.503. The van der Waals surface area contributed by atoms with Gasteiger partial charge in [0.2, 0.25) is 0 Å². The summed E-state index contributed by atoms with van der Waals surface area (Å²) in [4.78, 5) is 6.26. The molecule has 2 rings (SSSR count). The maximum Gasteiger partial charge on any atom is 0.193 e. The Morgan fingerprint density at radius 3 is 2.62 bits per heavy atom. The summed E-state index contributed by atoms with van der Waals surface area (Å²) < 4.78 is 0. The Hall–Kier alpha value is -0.530. The number of hydrogen-bond donors (Lipinski definition) is 2. The second kappa shape index (κ2) is 8.19. The molecule has 1 fully saturated rings. The van der Waals surface area contributed by atoms with Gasteiger partial charge >= 0.3 is 0 Å². The highest BCUT2D eigenvalue weighted by atomic mass is 127. The number of nitrogens with one attached hydrogen (secondary N) is 1. The average Bonchev–Trinajstić information content (AvgIpc) is 2.40. The van der Waals surface area contributed by atoms with Gasteiger partial charge < -0.3 is 15.3 Å². The van der Waals surface area contributed by atoms with Crippen molar-refractivity contribution in [3.05, 3.63) is 34.9 Å². The third-order valence-corrected chi connectivity index (χ3v) is 4.17. The monoisotopic (exact) mass is 423 g/mol. The molecule has 0 atom stereocenters. The molecule has 0 aliphatic heterocycles. The fraction of sp³-hybridized carbons (Fsp3) is 0.533. The number of aliphatic hydroxyl groups is 1. The quantitative estimate of drug-likeness (QED) is 0.445. The van der Waals surface area contributed by atoms with Gasteiger partial charge in [-0.1, -0.05) is 29.8 Å². The Kier molecular flexibility index (Phi) is 7.23. The lowest BCUT2D eigenvalue weighted by atomic mass is 9.80. The molecule has 1 aliphatic rings. The largest absolute Gasteiger partial charge is 0.388 e. The summed E-state index contributed by atoms with van der Waals surface area (Å²) in [6.07, 6.45) is 2.84. The molecule has 0 unspecified atom stereocenters. The molecule has 0 heterocycles. The maximum atomic E-state index is 10.1. The minimum absolute atomic E-state index is 0. The number of hydrogen-bond acceptors (Lipinski definition) is 2. The smallest absolute Gasteiger partial charge is 0.193 e. The van der Waals surface area contributed by atoms with Crippen molar-refractivity contribution >= 4 is 41.5 Å². The van der Waals surface area contributed by atoms with Gasteiger partial charge in [0.25, 0.3) is 0 Å². The molecular formula is C15H23ClIN3O. The van der Waals surface area contributed by atoms with E-state index in [4.69, 9.17) is 11.6 Å². The topological polar surface area (TPSA) is 47.9 Å². The summed E-state index contributed by atoms with van der Waals surface area (Å²) >= 11 is 6.17. The van der Waals surface area contributed by atoms with Crippen LogP contribution in [-0.2, 0) is 6.54 Å². The highest BCUT2D eigenvalue weighted by Gasteiger charge is 2.34. The van der Waals surface area contributed by atoms with Gasteiger partial charge in [-0.25, -0.2) is 0 Å². The number of nitrogens with zero attached hydrogens (tertiary/aromatic N) is 2. The van der Waals surface area contributed by atoms with Crippen molar-refractivity contribution in [1.29, 1.82) is 0 Å². The Bertz CT molecular complexity index is 492.